The maximum atomic E-state index is 12.5. The van der Waals surface area contributed by atoms with E-state index in [2.05, 4.69) is 10.1 Å². The van der Waals surface area contributed by atoms with E-state index in [1.165, 1.54) is 25.3 Å². The van der Waals surface area contributed by atoms with Gasteiger partial charge >= 0.3 is 11.9 Å². The number of ether oxygens (including phenoxy) is 2. The minimum Gasteiger partial charge on any atom is -0.465 e. The zero-order chi connectivity index (χ0) is 22.2. The van der Waals surface area contributed by atoms with Gasteiger partial charge in [-0.05, 0) is 47.4 Å². The number of thiophene rings is 1. The average molecular weight is 432 g/mol. The molecule has 3 aromatic rings. The van der Waals surface area contributed by atoms with Crippen LogP contribution in [0.1, 0.15) is 26.3 Å². The molecule has 0 aliphatic heterocycles. The molecule has 0 bridgehead atoms. The van der Waals surface area contributed by atoms with E-state index in [1.807, 2.05) is 6.07 Å². The lowest BCUT2D eigenvalue weighted by Crippen LogP contribution is -2.15. The Morgan fingerprint density at radius 1 is 1.03 bits per heavy atom. The summed E-state index contributed by atoms with van der Waals surface area (Å²) in [5.41, 5.74) is 0.908. The second-order valence-electron chi connectivity index (χ2n) is 6.11. The summed E-state index contributed by atoms with van der Waals surface area (Å²) < 4.78 is 10.0. The van der Waals surface area contributed by atoms with Crippen LogP contribution >= 0.6 is 11.3 Å². The van der Waals surface area contributed by atoms with Crippen molar-refractivity contribution in [3.05, 3.63) is 88.3 Å². The second-order valence-corrected chi connectivity index (χ2v) is 7.02. The molecule has 0 aliphatic rings. The van der Waals surface area contributed by atoms with Crippen LogP contribution in [0.5, 0.6) is 5.75 Å². The topological polar surface area (TPSA) is 105 Å². The van der Waals surface area contributed by atoms with Gasteiger partial charge in [-0.2, -0.15) is 5.26 Å². The molecule has 1 heterocycles. The number of methoxy groups -OCH3 is 1. The fourth-order valence-electron chi connectivity index (χ4n) is 2.57. The molecule has 0 fully saturated rings. The molecule has 3 rings (SSSR count). The van der Waals surface area contributed by atoms with Crippen LogP contribution in [0.3, 0.4) is 0 Å². The lowest BCUT2D eigenvalue weighted by Gasteiger charge is -2.06. The van der Waals surface area contributed by atoms with Gasteiger partial charge in [0.2, 0.25) is 0 Å². The van der Waals surface area contributed by atoms with Crippen molar-refractivity contribution in [3.8, 4) is 11.8 Å². The van der Waals surface area contributed by atoms with E-state index in [9.17, 15) is 19.6 Å². The Morgan fingerprint density at radius 2 is 1.81 bits per heavy atom. The fraction of sp³-hybridized carbons (Fsp3) is 0.0435. The predicted octanol–water partition coefficient (Wildman–Crippen LogP) is 4.30. The first kappa shape index (κ1) is 21.5. The van der Waals surface area contributed by atoms with Gasteiger partial charge in [0, 0.05) is 0 Å². The quantitative estimate of drug-likeness (QED) is 0.269. The minimum atomic E-state index is -0.679. The highest BCUT2D eigenvalue weighted by Gasteiger charge is 2.17. The number of carbonyl (C=O) groups is 3. The number of nitriles is 1. The van der Waals surface area contributed by atoms with Gasteiger partial charge in [-0.3, -0.25) is 4.79 Å². The maximum Gasteiger partial charge on any atom is 0.343 e. The molecule has 0 saturated heterocycles. The van der Waals surface area contributed by atoms with E-state index in [4.69, 9.17) is 4.74 Å². The third kappa shape index (κ3) is 5.44. The summed E-state index contributed by atoms with van der Waals surface area (Å²) in [6.45, 7) is 0. The van der Waals surface area contributed by atoms with Crippen molar-refractivity contribution in [2.24, 2.45) is 0 Å². The van der Waals surface area contributed by atoms with Crippen molar-refractivity contribution in [3.63, 3.8) is 0 Å². The van der Waals surface area contributed by atoms with Crippen LogP contribution in [0.25, 0.3) is 6.08 Å². The van der Waals surface area contributed by atoms with Crippen LogP contribution in [0.2, 0.25) is 0 Å². The zero-order valence-electron chi connectivity index (χ0n) is 16.3. The van der Waals surface area contributed by atoms with Gasteiger partial charge in [0.05, 0.1) is 18.2 Å². The van der Waals surface area contributed by atoms with E-state index in [1.54, 1.807) is 53.9 Å². The normalized spacial score (nSPS) is 10.6. The number of amides is 1. The van der Waals surface area contributed by atoms with Gasteiger partial charge < -0.3 is 14.8 Å². The first-order valence-corrected chi connectivity index (χ1v) is 9.86. The highest BCUT2D eigenvalue weighted by atomic mass is 32.1. The van der Waals surface area contributed by atoms with Crippen LogP contribution in [0, 0.1) is 11.3 Å². The van der Waals surface area contributed by atoms with Crippen molar-refractivity contribution in [1.29, 1.82) is 5.26 Å². The predicted molar refractivity (Wildman–Crippen MR) is 116 cm³/mol. The Labute approximate surface area is 182 Å². The van der Waals surface area contributed by atoms with Gasteiger partial charge in [-0.25, -0.2) is 9.59 Å². The number of nitrogens with one attached hydrogen (secondary N) is 1. The van der Waals surface area contributed by atoms with E-state index in [0.717, 1.165) is 11.3 Å². The Morgan fingerprint density at radius 3 is 2.52 bits per heavy atom. The minimum absolute atomic E-state index is 0.184. The van der Waals surface area contributed by atoms with Gasteiger partial charge in [0.25, 0.3) is 5.91 Å². The van der Waals surface area contributed by atoms with Crippen molar-refractivity contribution in [2.75, 3.05) is 12.4 Å². The van der Waals surface area contributed by atoms with Crippen molar-refractivity contribution in [2.45, 2.75) is 0 Å². The summed E-state index contributed by atoms with van der Waals surface area (Å²) in [5.74, 6) is -1.52. The van der Waals surface area contributed by atoms with E-state index in [-0.39, 0.29) is 21.9 Å². The number of anilines is 1. The third-order valence-electron chi connectivity index (χ3n) is 4.05. The molecule has 154 valence electrons. The number of esters is 2. The summed E-state index contributed by atoms with van der Waals surface area (Å²) >= 11 is 1.14. The fourth-order valence-corrected chi connectivity index (χ4v) is 3.34. The van der Waals surface area contributed by atoms with Crippen LogP contribution < -0.4 is 10.1 Å². The Hall–Kier alpha value is -4.22. The molecular formula is C23H16N2O5S. The van der Waals surface area contributed by atoms with Crippen LogP contribution in [-0.4, -0.2) is 25.0 Å². The first-order valence-electron chi connectivity index (χ1n) is 8.98. The Kier molecular flexibility index (Phi) is 6.93. The molecule has 0 aliphatic carbocycles. The molecule has 1 N–H and O–H groups in total. The summed E-state index contributed by atoms with van der Waals surface area (Å²) in [6.07, 6.45) is 1.36. The summed E-state index contributed by atoms with van der Waals surface area (Å²) in [5, 5.41) is 13.9. The SMILES string of the molecule is COC(=O)c1ccsc1NC(=O)C(C#N)=Cc1cccc(OC(=O)c2ccccc2)c1. The lowest BCUT2D eigenvalue weighted by atomic mass is 10.1. The molecule has 2 aromatic carbocycles. The van der Waals surface area contributed by atoms with Gasteiger partial charge in [0.1, 0.15) is 22.4 Å². The van der Waals surface area contributed by atoms with Crippen LogP contribution in [-0.2, 0) is 9.53 Å². The number of hydrogen-bond donors (Lipinski definition) is 1. The molecule has 1 amide bonds. The van der Waals surface area contributed by atoms with Crippen LogP contribution in [0.4, 0.5) is 5.00 Å². The molecule has 0 atom stereocenters. The van der Waals surface area contributed by atoms with Gasteiger partial charge in [-0.15, -0.1) is 11.3 Å². The van der Waals surface area contributed by atoms with Gasteiger partial charge in [0.15, 0.2) is 0 Å². The highest BCUT2D eigenvalue weighted by molar-refractivity contribution is 7.14. The highest BCUT2D eigenvalue weighted by Crippen LogP contribution is 2.25. The molecule has 8 heteroatoms. The largest absolute Gasteiger partial charge is 0.465 e. The molecule has 0 unspecified atom stereocenters. The van der Waals surface area contributed by atoms with E-state index >= 15 is 0 Å². The number of nitrogens with zero attached hydrogens (tertiary/aromatic N) is 1. The van der Waals surface area contributed by atoms with Crippen molar-refractivity contribution < 1.29 is 23.9 Å². The Bertz CT molecular complexity index is 1190. The average Bonchev–Trinajstić information content (AvgIpc) is 3.25. The molecular weight excluding hydrogens is 416 g/mol. The number of carbonyl (C=O) groups excluding carboxylic acids is 3. The van der Waals surface area contributed by atoms with Crippen LogP contribution in [0.15, 0.2) is 71.6 Å². The van der Waals surface area contributed by atoms with E-state index in [0.29, 0.717) is 11.1 Å². The monoisotopic (exact) mass is 432 g/mol. The van der Waals surface area contributed by atoms with Crippen molar-refractivity contribution in [1.82, 2.24) is 0 Å². The van der Waals surface area contributed by atoms with Gasteiger partial charge in [-0.1, -0.05) is 30.3 Å². The molecule has 31 heavy (non-hydrogen) atoms. The molecule has 0 spiro atoms. The first-order chi connectivity index (χ1) is 15.0. The second kappa shape index (κ2) is 10.0. The summed E-state index contributed by atoms with van der Waals surface area (Å²) in [7, 11) is 1.24. The smallest absolute Gasteiger partial charge is 0.343 e. The molecule has 7 nitrogen and oxygen atoms in total. The number of rotatable bonds is 6. The summed E-state index contributed by atoms with van der Waals surface area (Å²) in [4.78, 5) is 36.5. The lowest BCUT2D eigenvalue weighted by molar-refractivity contribution is -0.112. The molecule has 0 saturated carbocycles. The van der Waals surface area contributed by atoms with E-state index < -0.39 is 17.8 Å². The number of benzene rings is 2. The zero-order valence-corrected chi connectivity index (χ0v) is 17.1. The number of hydrogen-bond acceptors (Lipinski definition) is 7. The van der Waals surface area contributed by atoms with Crippen molar-refractivity contribution >= 4 is 40.3 Å². The Balaban J connectivity index is 1.77. The third-order valence-corrected chi connectivity index (χ3v) is 4.88. The maximum absolute atomic E-state index is 12.5. The summed E-state index contributed by atoms with van der Waals surface area (Å²) in [6, 6.07) is 18.3. The standard InChI is InChI=1S/C23H16N2O5S/c1-29-23(28)19-10-11-31-21(19)25-20(26)17(14-24)12-15-6-5-9-18(13-15)30-22(27)16-7-3-2-4-8-16/h2-13H,1H3,(H,25,26). The molecule has 1 aromatic heterocycles. The molecule has 0 radical (unpaired) electrons.